The maximum atomic E-state index is 13.2. The molecule has 1 saturated heterocycles. The number of pyridine rings is 1. The second kappa shape index (κ2) is 11.4. The maximum Gasteiger partial charge on any atom is 0.322 e. The Morgan fingerprint density at radius 1 is 1.17 bits per heavy atom. The number of nitrogens with one attached hydrogen (secondary N) is 2. The predicted molar refractivity (Wildman–Crippen MR) is 137 cm³/mol. The summed E-state index contributed by atoms with van der Waals surface area (Å²) in [5, 5.41) is 16.2. The van der Waals surface area contributed by atoms with Crippen LogP contribution in [0.1, 0.15) is 22.7 Å². The van der Waals surface area contributed by atoms with E-state index >= 15 is 0 Å². The van der Waals surface area contributed by atoms with Gasteiger partial charge in [-0.2, -0.15) is 5.26 Å². The van der Waals surface area contributed by atoms with Crippen molar-refractivity contribution in [3.05, 3.63) is 94.8 Å². The molecule has 2 aromatic carbocycles. The summed E-state index contributed by atoms with van der Waals surface area (Å²) < 4.78 is 0. The number of carbonyl (C=O) groups excluding carboxylic acids is 1. The third kappa shape index (κ3) is 6.28. The van der Waals surface area contributed by atoms with E-state index in [0.717, 1.165) is 16.7 Å². The van der Waals surface area contributed by atoms with E-state index in [9.17, 15) is 10.1 Å². The Bertz CT molecular complexity index is 1220. The monoisotopic (exact) mass is 487 g/mol. The highest BCUT2D eigenvalue weighted by molar-refractivity contribution is 6.30. The average Bonchev–Trinajstić information content (AvgIpc) is 2.88. The van der Waals surface area contributed by atoms with Crippen LogP contribution in [0.2, 0.25) is 5.02 Å². The highest BCUT2D eigenvalue weighted by Crippen LogP contribution is 2.27. The third-order valence-electron chi connectivity index (χ3n) is 5.76. The number of carbonyl (C=O) groups is 1. The fourth-order valence-corrected chi connectivity index (χ4v) is 4.20. The molecule has 0 spiro atoms. The molecule has 3 aromatic rings. The number of nitriles is 1. The zero-order chi connectivity index (χ0) is 24.6. The summed E-state index contributed by atoms with van der Waals surface area (Å²) in [6.45, 7) is 3.94. The van der Waals surface area contributed by atoms with Gasteiger partial charge in [0.2, 0.25) is 12.2 Å². The fraction of sp³-hybridized carbons (Fsp3) is 0.231. The number of amides is 2. The predicted octanol–water partition coefficient (Wildman–Crippen LogP) is 4.56. The van der Waals surface area contributed by atoms with Crippen LogP contribution < -0.4 is 10.6 Å². The first-order valence-corrected chi connectivity index (χ1v) is 11.7. The van der Waals surface area contributed by atoms with Gasteiger partial charge in [0.05, 0.1) is 6.04 Å². The van der Waals surface area contributed by atoms with E-state index in [1.54, 1.807) is 36.7 Å². The molecule has 1 aromatic heterocycles. The van der Waals surface area contributed by atoms with Crippen molar-refractivity contribution >= 4 is 29.3 Å². The smallest absolute Gasteiger partial charge is 0.322 e. The van der Waals surface area contributed by atoms with Crippen LogP contribution in [0.25, 0.3) is 0 Å². The second-order valence-corrected chi connectivity index (χ2v) is 8.70. The van der Waals surface area contributed by atoms with Crippen LogP contribution in [0.15, 0.2) is 78.0 Å². The Kier molecular flexibility index (Phi) is 7.81. The zero-order valence-corrected chi connectivity index (χ0v) is 20.1. The second-order valence-electron chi connectivity index (χ2n) is 8.26. The topological polar surface area (TPSA) is 96.7 Å². The van der Waals surface area contributed by atoms with Crippen molar-refractivity contribution in [3.63, 3.8) is 0 Å². The molecule has 4 rings (SSSR count). The molecule has 0 saturated carbocycles. The van der Waals surface area contributed by atoms with Gasteiger partial charge in [0.25, 0.3) is 0 Å². The molecule has 178 valence electrons. The van der Waals surface area contributed by atoms with Crippen LogP contribution in [-0.2, 0) is 6.54 Å². The summed E-state index contributed by atoms with van der Waals surface area (Å²) >= 11 is 5.97. The largest absolute Gasteiger partial charge is 0.351 e. The van der Waals surface area contributed by atoms with Crippen molar-refractivity contribution in [2.75, 3.05) is 25.0 Å². The Morgan fingerprint density at radius 3 is 2.66 bits per heavy atom. The molecule has 0 aliphatic carbocycles. The number of guanidine groups is 1. The maximum absolute atomic E-state index is 13.2. The highest BCUT2D eigenvalue weighted by Gasteiger charge is 2.33. The lowest BCUT2D eigenvalue weighted by Gasteiger charge is -2.42. The van der Waals surface area contributed by atoms with Crippen molar-refractivity contribution in [1.29, 1.82) is 5.26 Å². The fourth-order valence-electron chi connectivity index (χ4n) is 4.07. The van der Waals surface area contributed by atoms with Gasteiger partial charge in [0.1, 0.15) is 0 Å². The standard InChI is InChI=1S/C26H26ClN7O/c1-19-13-20(15-29-14-19)16-30-25(31-18-28)33-11-12-34(24(17-33)21-5-3-2-4-6-21)26(35)32-23-9-7-22(27)8-10-23/h2-10,13-15,24H,11-12,16-17H2,1H3,(H,30,31)(H,32,35). The molecule has 2 heterocycles. The Balaban J connectivity index is 1.52. The molecule has 1 aliphatic rings. The summed E-state index contributed by atoms with van der Waals surface area (Å²) in [7, 11) is 0. The van der Waals surface area contributed by atoms with Crippen LogP contribution in [0.4, 0.5) is 10.5 Å². The van der Waals surface area contributed by atoms with E-state index in [0.29, 0.717) is 42.8 Å². The minimum absolute atomic E-state index is 0.196. The summed E-state index contributed by atoms with van der Waals surface area (Å²) in [5.41, 5.74) is 3.74. The molecule has 1 unspecified atom stereocenters. The van der Waals surface area contributed by atoms with Crippen LogP contribution in [0.3, 0.4) is 0 Å². The molecule has 35 heavy (non-hydrogen) atoms. The number of anilines is 1. The van der Waals surface area contributed by atoms with E-state index in [4.69, 9.17) is 11.6 Å². The van der Waals surface area contributed by atoms with E-state index in [-0.39, 0.29) is 12.1 Å². The van der Waals surface area contributed by atoms with E-state index in [2.05, 4.69) is 20.6 Å². The number of hydrogen-bond acceptors (Lipinski definition) is 4. The molecule has 1 aliphatic heterocycles. The van der Waals surface area contributed by atoms with Gasteiger partial charge >= 0.3 is 6.03 Å². The van der Waals surface area contributed by atoms with Gasteiger partial charge < -0.3 is 20.4 Å². The number of halogens is 1. The lowest BCUT2D eigenvalue weighted by atomic mass is 10.0. The summed E-state index contributed by atoms with van der Waals surface area (Å²) in [4.78, 5) is 25.3. The summed E-state index contributed by atoms with van der Waals surface area (Å²) in [5.74, 6) is 0.479. The van der Waals surface area contributed by atoms with Crippen LogP contribution in [0, 0.1) is 18.4 Å². The molecular formula is C26H26ClN7O. The molecule has 2 N–H and O–H groups in total. The Labute approximate surface area is 209 Å². The molecule has 0 bridgehead atoms. The van der Waals surface area contributed by atoms with Crippen LogP contribution in [0.5, 0.6) is 0 Å². The minimum atomic E-state index is -0.233. The zero-order valence-electron chi connectivity index (χ0n) is 19.4. The van der Waals surface area contributed by atoms with Gasteiger partial charge in [0.15, 0.2) is 0 Å². The summed E-state index contributed by atoms with van der Waals surface area (Å²) in [6.07, 6.45) is 5.49. The van der Waals surface area contributed by atoms with E-state index in [1.807, 2.05) is 59.3 Å². The molecule has 0 radical (unpaired) electrons. The molecule has 9 heteroatoms. The van der Waals surface area contributed by atoms with Crippen LogP contribution in [-0.4, -0.2) is 46.4 Å². The van der Waals surface area contributed by atoms with Crippen molar-refractivity contribution in [3.8, 4) is 6.19 Å². The van der Waals surface area contributed by atoms with Gasteiger partial charge in [-0.3, -0.25) is 4.98 Å². The number of piperazine rings is 1. The van der Waals surface area contributed by atoms with Crippen LogP contribution >= 0.6 is 11.6 Å². The minimum Gasteiger partial charge on any atom is -0.351 e. The van der Waals surface area contributed by atoms with Gasteiger partial charge in [0, 0.05) is 49.3 Å². The first kappa shape index (κ1) is 24.0. The molecular weight excluding hydrogens is 462 g/mol. The molecule has 2 amide bonds. The number of aromatic nitrogens is 1. The first-order valence-electron chi connectivity index (χ1n) is 11.3. The van der Waals surface area contributed by atoms with E-state index < -0.39 is 0 Å². The van der Waals surface area contributed by atoms with Gasteiger partial charge in [-0.1, -0.05) is 48.0 Å². The van der Waals surface area contributed by atoms with Gasteiger partial charge in [-0.25, -0.2) is 4.79 Å². The SMILES string of the molecule is Cc1cncc(CN/C(=N/C#N)N2CCN(C(=O)Nc3ccc(Cl)cc3)C(c3ccccc3)C2)c1. The lowest BCUT2D eigenvalue weighted by Crippen LogP contribution is -2.55. The highest BCUT2D eigenvalue weighted by atomic mass is 35.5. The quantitative estimate of drug-likeness (QED) is 0.319. The normalized spacial score (nSPS) is 15.9. The van der Waals surface area contributed by atoms with E-state index in [1.165, 1.54) is 0 Å². The number of urea groups is 1. The Hall–Kier alpha value is -4.09. The number of rotatable bonds is 4. The van der Waals surface area contributed by atoms with Crippen molar-refractivity contribution < 1.29 is 4.79 Å². The molecule has 1 atom stereocenters. The van der Waals surface area contributed by atoms with Crippen molar-refractivity contribution in [2.24, 2.45) is 4.99 Å². The lowest BCUT2D eigenvalue weighted by molar-refractivity contribution is 0.134. The number of nitrogens with zero attached hydrogens (tertiary/aromatic N) is 5. The number of benzene rings is 2. The third-order valence-corrected chi connectivity index (χ3v) is 6.01. The Morgan fingerprint density at radius 2 is 1.94 bits per heavy atom. The van der Waals surface area contributed by atoms with Gasteiger partial charge in [-0.05, 0) is 47.9 Å². The van der Waals surface area contributed by atoms with Gasteiger partial charge in [-0.15, -0.1) is 4.99 Å². The molecule has 1 fully saturated rings. The average molecular weight is 488 g/mol. The number of aryl methyl sites for hydroxylation is 1. The van der Waals surface area contributed by atoms with Crippen molar-refractivity contribution in [2.45, 2.75) is 19.5 Å². The number of aliphatic imine (C=N–C) groups is 1. The molecule has 8 nitrogen and oxygen atoms in total. The summed E-state index contributed by atoms with van der Waals surface area (Å²) in [6, 6.07) is 18.5. The van der Waals surface area contributed by atoms with Crippen molar-refractivity contribution in [1.82, 2.24) is 20.1 Å². The first-order chi connectivity index (χ1) is 17.0. The number of hydrogen-bond donors (Lipinski definition) is 2.